The number of aliphatic hydroxyl groups is 1. The minimum Gasteiger partial charge on any atom is -0.380 e. The molecule has 0 radical (unpaired) electrons. The highest BCUT2D eigenvalue weighted by Gasteiger charge is 2.37. The second-order valence-electron chi connectivity index (χ2n) is 7.17. The van der Waals surface area contributed by atoms with E-state index in [9.17, 15) is 5.11 Å². The van der Waals surface area contributed by atoms with Gasteiger partial charge in [0.05, 0.1) is 0 Å². The summed E-state index contributed by atoms with van der Waals surface area (Å²) in [7, 11) is 4.06. The molecule has 25 heavy (non-hydrogen) atoms. The highest BCUT2D eigenvalue weighted by atomic mass is 35.5. The lowest BCUT2D eigenvalue weighted by molar-refractivity contribution is 0.0105. The van der Waals surface area contributed by atoms with Gasteiger partial charge in [0.2, 0.25) is 0 Å². The van der Waals surface area contributed by atoms with Crippen LogP contribution in [-0.4, -0.2) is 30.6 Å². The Hall–Kier alpha value is -1.61. The van der Waals surface area contributed by atoms with Crippen molar-refractivity contribution < 1.29 is 5.11 Å². The normalized spacial score (nSPS) is 15.9. The Morgan fingerprint density at radius 2 is 1.68 bits per heavy atom. The van der Waals surface area contributed by atoms with Crippen LogP contribution in [-0.2, 0) is 5.60 Å². The Labute approximate surface area is 156 Å². The van der Waals surface area contributed by atoms with E-state index in [2.05, 4.69) is 30.9 Å². The zero-order valence-electron chi connectivity index (χ0n) is 15.8. The molecule has 134 valence electrons. The van der Waals surface area contributed by atoms with Crippen LogP contribution < -0.4 is 0 Å². The zero-order valence-corrected chi connectivity index (χ0v) is 16.5. The predicted molar refractivity (Wildman–Crippen MR) is 108 cm³/mol. The summed E-state index contributed by atoms with van der Waals surface area (Å²) in [6.07, 6.45) is 2.04. The maximum absolute atomic E-state index is 11.8. The number of hydrogen-bond donors (Lipinski definition) is 1. The second kappa shape index (κ2) is 8.18. The SMILES string of the molecule is C/C(=C\c1ccc(Cl)cc1)C(O)(c1ccc(C)cc1)C(C)CN(C)C. The molecule has 2 nitrogen and oxygen atoms in total. The van der Waals surface area contributed by atoms with E-state index in [1.54, 1.807) is 0 Å². The Morgan fingerprint density at radius 3 is 2.20 bits per heavy atom. The Balaban J connectivity index is 2.49. The topological polar surface area (TPSA) is 23.5 Å². The van der Waals surface area contributed by atoms with Gasteiger partial charge < -0.3 is 10.0 Å². The summed E-state index contributed by atoms with van der Waals surface area (Å²) in [5.41, 5.74) is 3.04. The van der Waals surface area contributed by atoms with Crippen molar-refractivity contribution in [1.82, 2.24) is 4.90 Å². The average molecular weight is 358 g/mol. The van der Waals surface area contributed by atoms with Crippen molar-refractivity contribution in [2.24, 2.45) is 5.92 Å². The minimum absolute atomic E-state index is 0.0359. The molecule has 2 aromatic rings. The molecule has 0 aliphatic carbocycles. The van der Waals surface area contributed by atoms with Crippen molar-refractivity contribution in [3.63, 3.8) is 0 Å². The van der Waals surface area contributed by atoms with Gasteiger partial charge in [0.25, 0.3) is 0 Å². The van der Waals surface area contributed by atoms with Crippen LogP contribution in [0.5, 0.6) is 0 Å². The van der Waals surface area contributed by atoms with Crippen molar-refractivity contribution >= 4 is 17.7 Å². The Bertz CT molecular complexity index is 719. The van der Waals surface area contributed by atoms with Crippen molar-refractivity contribution in [2.45, 2.75) is 26.4 Å². The smallest absolute Gasteiger partial charge is 0.114 e. The van der Waals surface area contributed by atoms with Gasteiger partial charge in [0.15, 0.2) is 0 Å². The van der Waals surface area contributed by atoms with E-state index in [0.717, 1.165) is 23.2 Å². The van der Waals surface area contributed by atoms with Gasteiger partial charge in [-0.05, 0) is 56.8 Å². The third kappa shape index (κ3) is 4.72. The number of nitrogens with zero attached hydrogens (tertiary/aromatic N) is 1. The van der Waals surface area contributed by atoms with Gasteiger partial charge in [-0.3, -0.25) is 0 Å². The molecule has 2 rings (SSSR count). The summed E-state index contributed by atoms with van der Waals surface area (Å²) in [6.45, 7) is 6.94. The van der Waals surface area contributed by atoms with Gasteiger partial charge in [-0.25, -0.2) is 0 Å². The monoisotopic (exact) mass is 357 g/mol. The van der Waals surface area contributed by atoms with Crippen molar-refractivity contribution in [2.75, 3.05) is 20.6 Å². The second-order valence-corrected chi connectivity index (χ2v) is 7.61. The lowest BCUT2D eigenvalue weighted by atomic mass is 9.76. The van der Waals surface area contributed by atoms with Crippen LogP contribution in [0.25, 0.3) is 6.08 Å². The molecule has 1 N–H and O–H groups in total. The Kier molecular flexibility index (Phi) is 6.45. The summed E-state index contributed by atoms with van der Waals surface area (Å²) in [6, 6.07) is 15.8. The first-order valence-electron chi connectivity index (χ1n) is 8.62. The average Bonchev–Trinajstić information content (AvgIpc) is 2.56. The molecule has 0 amide bonds. The molecule has 0 aromatic heterocycles. The first kappa shape index (κ1) is 19.7. The molecular formula is C22H28ClNO. The maximum Gasteiger partial charge on any atom is 0.114 e. The molecule has 2 atom stereocenters. The summed E-state index contributed by atoms with van der Waals surface area (Å²) < 4.78 is 0. The van der Waals surface area contributed by atoms with E-state index < -0.39 is 5.60 Å². The fraction of sp³-hybridized carbons (Fsp3) is 0.364. The Morgan fingerprint density at radius 1 is 1.12 bits per heavy atom. The van der Waals surface area contributed by atoms with Gasteiger partial charge in [0, 0.05) is 17.5 Å². The zero-order chi connectivity index (χ0) is 18.6. The van der Waals surface area contributed by atoms with Crippen LogP contribution in [0, 0.1) is 12.8 Å². The molecule has 0 aliphatic heterocycles. The lowest BCUT2D eigenvalue weighted by Gasteiger charge is -2.37. The number of hydrogen-bond acceptors (Lipinski definition) is 2. The van der Waals surface area contributed by atoms with Crippen LogP contribution >= 0.6 is 11.6 Å². The van der Waals surface area contributed by atoms with E-state index in [4.69, 9.17) is 11.6 Å². The predicted octanol–water partition coefficient (Wildman–Crippen LogP) is 5.14. The summed E-state index contributed by atoms with van der Waals surface area (Å²) in [5.74, 6) is 0.0359. The third-order valence-electron chi connectivity index (χ3n) is 4.70. The molecule has 0 bridgehead atoms. The number of rotatable bonds is 6. The quantitative estimate of drug-likeness (QED) is 0.774. The molecule has 3 heteroatoms. The maximum atomic E-state index is 11.8. The summed E-state index contributed by atoms with van der Waals surface area (Å²) >= 11 is 5.98. The fourth-order valence-corrected chi connectivity index (χ4v) is 3.43. The van der Waals surface area contributed by atoms with Gasteiger partial charge in [-0.2, -0.15) is 0 Å². The number of aryl methyl sites for hydroxylation is 1. The molecule has 0 fully saturated rings. The van der Waals surface area contributed by atoms with Crippen LogP contribution in [0.1, 0.15) is 30.5 Å². The molecule has 0 spiro atoms. The van der Waals surface area contributed by atoms with Gasteiger partial charge >= 0.3 is 0 Å². The fourth-order valence-electron chi connectivity index (χ4n) is 3.31. The molecular weight excluding hydrogens is 330 g/mol. The minimum atomic E-state index is -1.03. The molecule has 0 saturated heterocycles. The standard InChI is InChI=1S/C22H28ClNO/c1-16-6-10-20(11-7-16)22(25,18(3)15-24(4)5)17(2)14-19-8-12-21(23)13-9-19/h6-14,18,25H,15H2,1-5H3/b17-14+. The van der Waals surface area contributed by atoms with Gasteiger partial charge in [-0.1, -0.05) is 66.6 Å². The van der Waals surface area contributed by atoms with E-state index in [-0.39, 0.29) is 5.92 Å². The summed E-state index contributed by atoms with van der Waals surface area (Å²) in [4.78, 5) is 2.11. The van der Waals surface area contributed by atoms with E-state index in [1.165, 1.54) is 5.56 Å². The highest BCUT2D eigenvalue weighted by molar-refractivity contribution is 6.30. The van der Waals surface area contributed by atoms with Gasteiger partial charge in [0.1, 0.15) is 5.60 Å². The highest BCUT2D eigenvalue weighted by Crippen LogP contribution is 2.38. The molecule has 0 aliphatic rings. The molecule has 0 saturated carbocycles. The van der Waals surface area contributed by atoms with Crippen LogP contribution in [0.15, 0.2) is 54.1 Å². The largest absolute Gasteiger partial charge is 0.380 e. The number of halogens is 1. The van der Waals surface area contributed by atoms with Crippen molar-refractivity contribution in [3.05, 3.63) is 75.8 Å². The van der Waals surface area contributed by atoms with Crippen molar-refractivity contribution in [1.29, 1.82) is 0 Å². The molecule has 0 heterocycles. The van der Waals surface area contributed by atoms with E-state index in [1.807, 2.05) is 63.5 Å². The first-order chi connectivity index (χ1) is 11.7. The first-order valence-corrected chi connectivity index (χ1v) is 9.00. The molecule has 2 aromatic carbocycles. The van der Waals surface area contributed by atoms with Crippen LogP contribution in [0.4, 0.5) is 0 Å². The summed E-state index contributed by atoms with van der Waals surface area (Å²) in [5, 5.41) is 12.5. The van der Waals surface area contributed by atoms with E-state index >= 15 is 0 Å². The molecule has 2 unspecified atom stereocenters. The van der Waals surface area contributed by atoms with Gasteiger partial charge in [-0.15, -0.1) is 0 Å². The van der Waals surface area contributed by atoms with Crippen LogP contribution in [0.2, 0.25) is 5.02 Å². The lowest BCUT2D eigenvalue weighted by Crippen LogP contribution is -2.40. The third-order valence-corrected chi connectivity index (χ3v) is 4.95. The van der Waals surface area contributed by atoms with Crippen molar-refractivity contribution in [3.8, 4) is 0 Å². The number of benzene rings is 2. The van der Waals surface area contributed by atoms with Crippen LogP contribution in [0.3, 0.4) is 0 Å². The van der Waals surface area contributed by atoms with E-state index in [0.29, 0.717) is 5.02 Å².